The van der Waals surface area contributed by atoms with Crippen LogP contribution in [0.5, 0.6) is 5.75 Å². The lowest BCUT2D eigenvalue weighted by Crippen LogP contribution is -2.31. The first-order valence-corrected chi connectivity index (χ1v) is 10.9. The number of aromatic nitrogens is 3. The third kappa shape index (κ3) is 4.23. The molecule has 1 saturated carbocycles. The fourth-order valence-corrected chi connectivity index (χ4v) is 5.06. The maximum atomic E-state index is 12.6. The second-order valence-corrected chi connectivity index (χ2v) is 9.22. The van der Waals surface area contributed by atoms with Crippen molar-refractivity contribution in [3.05, 3.63) is 40.9 Å². The van der Waals surface area contributed by atoms with Crippen LogP contribution in [0.1, 0.15) is 59.8 Å². The van der Waals surface area contributed by atoms with E-state index in [0.717, 1.165) is 28.1 Å². The third-order valence-corrected chi connectivity index (χ3v) is 7.12. The van der Waals surface area contributed by atoms with Crippen LogP contribution in [0, 0.1) is 12.3 Å². The van der Waals surface area contributed by atoms with E-state index in [-0.39, 0.29) is 17.5 Å². The van der Waals surface area contributed by atoms with Gasteiger partial charge in [0.15, 0.2) is 0 Å². The van der Waals surface area contributed by atoms with Gasteiger partial charge in [-0.1, -0.05) is 0 Å². The molecular weight excluding hydrogens is 416 g/mol. The van der Waals surface area contributed by atoms with Crippen molar-refractivity contribution in [1.29, 1.82) is 0 Å². The number of nitrogens with one attached hydrogen (secondary N) is 1. The van der Waals surface area contributed by atoms with E-state index < -0.39 is 11.4 Å². The zero-order valence-corrected chi connectivity index (χ0v) is 18.5. The molecule has 162 valence electrons. The number of hydrogen-bond acceptors (Lipinski definition) is 7. The highest BCUT2D eigenvalue weighted by molar-refractivity contribution is 7.18. The summed E-state index contributed by atoms with van der Waals surface area (Å²) < 4.78 is 6.42. The first-order chi connectivity index (χ1) is 14.8. The van der Waals surface area contributed by atoms with Crippen molar-refractivity contribution in [2.75, 3.05) is 12.4 Å². The van der Waals surface area contributed by atoms with Crippen LogP contribution in [0.25, 0.3) is 10.2 Å². The standard InChI is InChI=1S/C22H24N4O4S/c1-12-23-9-6-14(24-12)19(27)25-15-11-18-16(10-17(15)30-3)26-20(31-18)13-4-7-22(2,8-5-13)21(28)29/h6,9-11,13H,4-5,7-8H2,1-3H3,(H,25,27)(H,28,29). The van der Waals surface area contributed by atoms with E-state index in [0.29, 0.717) is 30.1 Å². The Morgan fingerprint density at radius 2 is 2.00 bits per heavy atom. The second-order valence-electron chi connectivity index (χ2n) is 8.16. The lowest BCUT2D eigenvalue weighted by Gasteiger charge is -2.32. The molecule has 0 spiro atoms. The Kier molecular flexibility index (Phi) is 5.62. The Balaban J connectivity index is 1.58. The number of carbonyl (C=O) groups is 2. The van der Waals surface area contributed by atoms with Crippen LogP contribution in [-0.2, 0) is 4.79 Å². The van der Waals surface area contributed by atoms with Gasteiger partial charge in [0.1, 0.15) is 17.3 Å². The van der Waals surface area contributed by atoms with Crippen molar-refractivity contribution in [2.45, 2.75) is 45.4 Å². The van der Waals surface area contributed by atoms with Crippen LogP contribution < -0.4 is 10.1 Å². The number of amides is 1. The number of thiazole rings is 1. The number of ether oxygens (including phenoxy) is 1. The molecule has 1 fully saturated rings. The summed E-state index contributed by atoms with van der Waals surface area (Å²) in [7, 11) is 1.55. The van der Waals surface area contributed by atoms with E-state index in [1.165, 1.54) is 0 Å². The monoisotopic (exact) mass is 440 g/mol. The number of anilines is 1. The highest BCUT2D eigenvalue weighted by Gasteiger charge is 2.38. The van der Waals surface area contributed by atoms with Crippen LogP contribution >= 0.6 is 11.3 Å². The lowest BCUT2D eigenvalue weighted by molar-refractivity contribution is -0.149. The molecular formula is C22H24N4O4S. The van der Waals surface area contributed by atoms with E-state index >= 15 is 0 Å². The molecule has 1 aliphatic rings. The Labute approximate surface area is 183 Å². The molecule has 0 saturated heterocycles. The summed E-state index contributed by atoms with van der Waals surface area (Å²) in [5.41, 5.74) is 0.990. The summed E-state index contributed by atoms with van der Waals surface area (Å²) in [6.45, 7) is 3.55. The number of nitrogens with zero attached hydrogens (tertiary/aromatic N) is 3. The second kappa shape index (κ2) is 8.22. The molecule has 9 heteroatoms. The number of aliphatic carboxylic acids is 1. The van der Waals surface area contributed by atoms with Gasteiger partial charge in [-0.05, 0) is 51.7 Å². The molecule has 3 aromatic rings. The fraction of sp³-hybridized carbons (Fsp3) is 0.409. The van der Waals surface area contributed by atoms with Crippen molar-refractivity contribution >= 4 is 39.1 Å². The number of carboxylic acid groups (broad SMARTS) is 1. The SMILES string of the molecule is COc1cc2nc(C3CCC(C)(C(=O)O)CC3)sc2cc1NC(=O)c1ccnc(C)n1. The molecule has 1 aromatic carbocycles. The van der Waals surface area contributed by atoms with E-state index in [9.17, 15) is 14.7 Å². The third-order valence-electron chi connectivity index (χ3n) is 5.94. The zero-order chi connectivity index (χ0) is 22.2. The number of carbonyl (C=O) groups excluding carboxylic acids is 1. The van der Waals surface area contributed by atoms with Crippen LogP contribution in [0.4, 0.5) is 5.69 Å². The molecule has 0 atom stereocenters. The molecule has 1 aliphatic carbocycles. The Morgan fingerprint density at radius 1 is 1.26 bits per heavy atom. The summed E-state index contributed by atoms with van der Waals surface area (Å²) in [6.07, 6.45) is 4.44. The number of rotatable bonds is 5. The maximum absolute atomic E-state index is 12.6. The average molecular weight is 441 g/mol. The van der Waals surface area contributed by atoms with Gasteiger partial charge in [-0.25, -0.2) is 15.0 Å². The van der Waals surface area contributed by atoms with Gasteiger partial charge >= 0.3 is 5.97 Å². The normalized spacial score (nSPS) is 21.1. The smallest absolute Gasteiger partial charge is 0.309 e. The molecule has 2 aromatic heterocycles. The van der Waals surface area contributed by atoms with Gasteiger partial charge < -0.3 is 15.2 Å². The summed E-state index contributed by atoms with van der Waals surface area (Å²) in [4.78, 5) is 37.1. The van der Waals surface area contributed by atoms with Gasteiger partial charge in [-0.15, -0.1) is 11.3 Å². The quantitative estimate of drug-likeness (QED) is 0.604. The minimum atomic E-state index is -0.723. The number of hydrogen-bond donors (Lipinski definition) is 2. The molecule has 31 heavy (non-hydrogen) atoms. The number of benzene rings is 1. The average Bonchev–Trinajstić information content (AvgIpc) is 3.16. The molecule has 2 N–H and O–H groups in total. The molecule has 0 aliphatic heterocycles. The molecule has 1 amide bonds. The number of methoxy groups -OCH3 is 1. The van der Waals surface area contributed by atoms with E-state index in [1.807, 2.05) is 19.1 Å². The maximum Gasteiger partial charge on any atom is 0.309 e. The zero-order valence-electron chi connectivity index (χ0n) is 17.6. The van der Waals surface area contributed by atoms with Crippen LogP contribution in [-0.4, -0.2) is 39.0 Å². The number of carboxylic acids is 1. The van der Waals surface area contributed by atoms with E-state index in [2.05, 4.69) is 15.3 Å². The van der Waals surface area contributed by atoms with Gasteiger partial charge in [-0.2, -0.15) is 0 Å². The van der Waals surface area contributed by atoms with Crippen molar-refractivity contribution < 1.29 is 19.4 Å². The largest absolute Gasteiger partial charge is 0.494 e. The first kappa shape index (κ1) is 21.2. The molecule has 0 radical (unpaired) electrons. The van der Waals surface area contributed by atoms with Gasteiger partial charge in [0, 0.05) is 18.2 Å². The van der Waals surface area contributed by atoms with Crippen LogP contribution in [0.15, 0.2) is 24.4 Å². The minimum Gasteiger partial charge on any atom is -0.494 e. The molecule has 8 nitrogen and oxygen atoms in total. The Hall–Kier alpha value is -3.07. The molecule has 4 rings (SSSR count). The number of fused-ring (bicyclic) bond motifs is 1. The van der Waals surface area contributed by atoms with Gasteiger partial charge in [0.05, 0.1) is 33.4 Å². The van der Waals surface area contributed by atoms with E-state index in [4.69, 9.17) is 9.72 Å². The van der Waals surface area contributed by atoms with Gasteiger partial charge in [-0.3, -0.25) is 9.59 Å². The van der Waals surface area contributed by atoms with Gasteiger partial charge in [0.25, 0.3) is 5.91 Å². The Morgan fingerprint density at radius 3 is 2.65 bits per heavy atom. The predicted octanol–water partition coefficient (Wildman–Crippen LogP) is 4.40. The summed E-state index contributed by atoms with van der Waals surface area (Å²) in [5.74, 6) is 0.226. The van der Waals surface area contributed by atoms with E-state index in [1.54, 1.807) is 37.6 Å². The fourth-order valence-electron chi connectivity index (χ4n) is 3.90. The van der Waals surface area contributed by atoms with Crippen molar-refractivity contribution in [1.82, 2.24) is 15.0 Å². The van der Waals surface area contributed by atoms with Crippen molar-refractivity contribution in [3.8, 4) is 5.75 Å². The summed E-state index contributed by atoms with van der Waals surface area (Å²) in [5, 5.41) is 13.3. The molecule has 0 unspecified atom stereocenters. The highest BCUT2D eigenvalue weighted by Crippen LogP contribution is 2.45. The predicted molar refractivity (Wildman–Crippen MR) is 118 cm³/mol. The minimum absolute atomic E-state index is 0.248. The molecule has 2 heterocycles. The lowest BCUT2D eigenvalue weighted by atomic mass is 9.72. The van der Waals surface area contributed by atoms with Gasteiger partial charge in [0.2, 0.25) is 0 Å². The topological polar surface area (TPSA) is 114 Å². The van der Waals surface area contributed by atoms with Crippen LogP contribution in [0.2, 0.25) is 0 Å². The number of aryl methyl sites for hydroxylation is 1. The molecule has 0 bridgehead atoms. The van der Waals surface area contributed by atoms with Crippen molar-refractivity contribution in [3.63, 3.8) is 0 Å². The Bertz CT molecular complexity index is 1150. The van der Waals surface area contributed by atoms with Crippen molar-refractivity contribution in [2.24, 2.45) is 5.41 Å². The van der Waals surface area contributed by atoms with Crippen LogP contribution in [0.3, 0.4) is 0 Å². The highest BCUT2D eigenvalue weighted by atomic mass is 32.1. The first-order valence-electron chi connectivity index (χ1n) is 10.1. The summed E-state index contributed by atoms with van der Waals surface area (Å²) in [6, 6.07) is 5.25. The summed E-state index contributed by atoms with van der Waals surface area (Å²) >= 11 is 1.58.